The van der Waals surface area contributed by atoms with Crippen LogP contribution >= 0.6 is 22.6 Å². The first kappa shape index (κ1) is 11.8. The van der Waals surface area contributed by atoms with Crippen molar-refractivity contribution >= 4 is 28.4 Å². The smallest absolute Gasteiger partial charge is 0.266 e. The molecule has 6 heteroatoms. The Morgan fingerprint density at radius 2 is 2.56 bits per heavy atom. The SMILES string of the molecule is CN1CCCC1CNc1nc[nH]c(=O)c1I. The zero-order chi connectivity index (χ0) is 11.5. The fourth-order valence-electron chi connectivity index (χ4n) is 1.96. The van der Waals surface area contributed by atoms with E-state index in [1.165, 1.54) is 19.2 Å². The van der Waals surface area contributed by atoms with Gasteiger partial charge in [-0.15, -0.1) is 0 Å². The zero-order valence-electron chi connectivity index (χ0n) is 9.16. The Hall–Kier alpha value is -0.630. The van der Waals surface area contributed by atoms with Gasteiger partial charge in [0.05, 0.1) is 6.33 Å². The molecule has 0 aliphatic carbocycles. The number of rotatable bonds is 3. The Morgan fingerprint density at radius 3 is 3.25 bits per heavy atom. The van der Waals surface area contributed by atoms with Gasteiger partial charge in [0.2, 0.25) is 0 Å². The maximum absolute atomic E-state index is 11.3. The lowest BCUT2D eigenvalue weighted by Crippen LogP contribution is -2.32. The lowest BCUT2D eigenvalue weighted by atomic mass is 10.2. The molecule has 1 aromatic rings. The Morgan fingerprint density at radius 1 is 1.75 bits per heavy atom. The van der Waals surface area contributed by atoms with E-state index in [1.807, 2.05) is 22.6 Å². The van der Waals surface area contributed by atoms with Crippen molar-refractivity contribution in [1.82, 2.24) is 14.9 Å². The summed E-state index contributed by atoms with van der Waals surface area (Å²) in [5.41, 5.74) is -0.0853. The highest BCUT2D eigenvalue weighted by atomic mass is 127. The number of halogens is 1. The van der Waals surface area contributed by atoms with Gasteiger partial charge in [-0.25, -0.2) is 4.98 Å². The molecule has 2 N–H and O–H groups in total. The molecule has 1 atom stereocenters. The van der Waals surface area contributed by atoms with Gasteiger partial charge >= 0.3 is 0 Å². The highest BCUT2D eigenvalue weighted by Crippen LogP contribution is 2.16. The summed E-state index contributed by atoms with van der Waals surface area (Å²) in [7, 11) is 2.13. The minimum atomic E-state index is -0.0853. The highest BCUT2D eigenvalue weighted by molar-refractivity contribution is 14.1. The van der Waals surface area contributed by atoms with E-state index in [0.29, 0.717) is 15.4 Å². The Balaban J connectivity index is 1.99. The number of H-pyrrole nitrogens is 1. The van der Waals surface area contributed by atoms with Crippen LogP contribution in [0.4, 0.5) is 5.82 Å². The maximum atomic E-state index is 11.3. The summed E-state index contributed by atoms with van der Waals surface area (Å²) in [4.78, 5) is 20.4. The summed E-state index contributed by atoms with van der Waals surface area (Å²) in [6.45, 7) is 2.01. The quantitative estimate of drug-likeness (QED) is 0.806. The maximum Gasteiger partial charge on any atom is 0.266 e. The molecule has 5 nitrogen and oxygen atoms in total. The largest absolute Gasteiger partial charge is 0.367 e. The number of hydrogen-bond acceptors (Lipinski definition) is 4. The summed E-state index contributed by atoms with van der Waals surface area (Å²) in [6.07, 6.45) is 3.90. The van der Waals surface area contributed by atoms with Gasteiger partial charge in [-0.1, -0.05) is 0 Å². The average molecular weight is 334 g/mol. The van der Waals surface area contributed by atoms with Gasteiger partial charge in [0.25, 0.3) is 5.56 Å². The van der Waals surface area contributed by atoms with E-state index in [9.17, 15) is 4.79 Å². The van der Waals surface area contributed by atoms with Crippen molar-refractivity contribution in [2.24, 2.45) is 0 Å². The van der Waals surface area contributed by atoms with Crippen LogP contribution in [-0.4, -0.2) is 41.0 Å². The van der Waals surface area contributed by atoms with E-state index >= 15 is 0 Å². The minimum Gasteiger partial charge on any atom is -0.367 e. The number of nitrogens with one attached hydrogen (secondary N) is 2. The van der Waals surface area contributed by atoms with Crippen molar-refractivity contribution in [2.45, 2.75) is 18.9 Å². The molecular formula is C10H15IN4O. The summed E-state index contributed by atoms with van der Waals surface area (Å²) < 4.78 is 0.626. The van der Waals surface area contributed by atoms with Gasteiger partial charge < -0.3 is 15.2 Å². The molecule has 16 heavy (non-hydrogen) atoms. The molecule has 0 saturated carbocycles. The number of anilines is 1. The monoisotopic (exact) mass is 334 g/mol. The number of nitrogens with zero attached hydrogens (tertiary/aromatic N) is 2. The predicted octanol–water partition coefficient (Wildman–Crippen LogP) is 0.881. The molecule has 1 fully saturated rings. The van der Waals surface area contributed by atoms with Crippen LogP contribution in [0.2, 0.25) is 0 Å². The van der Waals surface area contributed by atoms with Crippen molar-refractivity contribution < 1.29 is 0 Å². The number of likely N-dealkylation sites (N-methyl/N-ethyl adjacent to an activating group) is 1. The lowest BCUT2D eigenvalue weighted by molar-refractivity contribution is 0.322. The summed E-state index contributed by atoms with van der Waals surface area (Å²) >= 11 is 2.01. The molecule has 2 heterocycles. The zero-order valence-corrected chi connectivity index (χ0v) is 11.3. The van der Waals surface area contributed by atoms with Crippen molar-refractivity contribution in [3.05, 3.63) is 20.3 Å². The Kier molecular flexibility index (Phi) is 3.80. The molecule has 2 rings (SSSR count). The Bertz CT molecular complexity index is 420. The van der Waals surface area contributed by atoms with Gasteiger partial charge in [0.1, 0.15) is 9.39 Å². The lowest BCUT2D eigenvalue weighted by Gasteiger charge is -2.20. The molecular weight excluding hydrogens is 319 g/mol. The van der Waals surface area contributed by atoms with E-state index in [0.717, 1.165) is 13.1 Å². The second kappa shape index (κ2) is 5.13. The molecule has 1 aliphatic rings. The highest BCUT2D eigenvalue weighted by Gasteiger charge is 2.20. The van der Waals surface area contributed by atoms with E-state index in [2.05, 4.69) is 27.2 Å². The standard InChI is InChI=1S/C10H15IN4O/c1-15-4-2-3-7(15)5-12-9-8(11)10(16)14-6-13-9/h6-7H,2-5H2,1H3,(H2,12,13,14,16). The average Bonchev–Trinajstić information content (AvgIpc) is 2.67. The molecule has 0 aromatic carbocycles. The fourth-order valence-corrected chi connectivity index (χ4v) is 2.44. The normalized spacial score (nSPS) is 21.2. The first-order valence-corrected chi connectivity index (χ1v) is 6.43. The number of hydrogen-bond donors (Lipinski definition) is 2. The second-order valence-corrected chi connectivity index (χ2v) is 5.13. The van der Waals surface area contributed by atoms with E-state index < -0.39 is 0 Å². The van der Waals surface area contributed by atoms with Gasteiger partial charge in [0, 0.05) is 12.6 Å². The van der Waals surface area contributed by atoms with Crippen LogP contribution < -0.4 is 10.9 Å². The summed E-state index contributed by atoms with van der Waals surface area (Å²) in [5.74, 6) is 0.685. The number of aromatic nitrogens is 2. The van der Waals surface area contributed by atoms with Crippen LogP contribution in [0.25, 0.3) is 0 Å². The van der Waals surface area contributed by atoms with Crippen molar-refractivity contribution in [3.63, 3.8) is 0 Å². The van der Waals surface area contributed by atoms with E-state index in [-0.39, 0.29) is 5.56 Å². The first-order chi connectivity index (χ1) is 7.68. The topological polar surface area (TPSA) is 61.0 Å². The molecule has 0 amide bonds. The third-order valence-electron chi connectivity index (χ3n) is 2.97. The minimum absolute atomic E-state index is 0.0853. The van der Waals surface area contributed by atoms with Crippen molar-refractivity contribution in [3.8, 4) is 0 Å². The van der Waals surface area contributed by atoms with Gasteiger partial charge in [-0.05, 0) is 49.0 Å². The molecule has 1 saturated heterocycles. The Labute approximate surface area is 108 Å². The van der Waals surface area contributed by atoms with Crippen LogP contribution in [0.15, 0.2) is 11.1 Å². The van der Waals surface area contributed by atoms with Crippen molar-refractivity contribution in [1.29, 1.82) is 0 Å². The second-order valence-electron chi connectivity index (χ2n) is 4.05. The molecule has 1 aliphatic heterocycles. The van der Waals surface area contributed by atoms with E-state index in [1.54, 1.807) is 0 Å². The first-order valence-electron chi connectivity index (χ1n) is 5.36. The predicted molar refractivity (Wildman–Crippen MR) is 71.7 cm³/mol. The number of aromatic amines is 1. The van der Waals surface area contributed by atoms with Crippen LogP contribution in [-0.2, 0) is 0 Å². The van der Waals surface area contributed by atoms with Crippen LogP contribution in [0.3, 0.4) is 0 Å². The van der Waals surface area contributed by atoms with Crippen LogP contribution in [0.1, 0.15) is 12.8 Å². The molecule has 0 radical (unpaired) electrons. The van der Waals surface area contributed by atoms with Gasteiger partial charge in [-0.2, -0.15) is 0 Å². The van der Waals surface area contributed by atoms with Gasteiger partial charge in [0.15, 0.2) is 0 Å². The molecule has 1 unspecified atom stereocenters. The van der Waals surface area contributed by atoms with E-state index in [4.69, 9.17) is 0 Å². The fraction of sp³-hybridized carbons (Fsp3) is 0.600. The molecule has 0 bridgehead atoms. The van der Waals surface area contributed by atoms with Crippen molar-refractivity contribution in [2.75, 3.05) is 25.5 Å². The molecule has 1 aromatic heterocycles. The third kappa shape index (κ3) is 2.54. The van der Waals surface area contributed by atoms with Crippen LogP contribution in [0, 0.1) is 3.57 Å². The van der Waals surface area contributed by atoms with Gasteiger partial charge in [-0.3, -0.25) is 4.79 Å². The number of likely N-dealkylation sites (tertiary alicyclic amines) is 1. The molecule has 88 valence electrons. The molecule has 0 spiro atoms. The van der Waals surface area contributed by atoms with Crippen LogP contribution in [0.5, 0.6) is 0 Å². The summed E-state index contributed by atoms with van der Waals surface area (Å²) in [5, 5.41) is 3.25. The third-order valence-corrected chi connectivity index (χ3v) is 3.97. The summed E-state index contributed by atoms with van der Waals surface area (Å²) in [6, 6.07) is 0.553.